The van der Waals surface area contributed by atoms with Gasteiger partial charge in [0.15, 0.2) is 5.96 Å². The van der Waals surface area contributed by atoms with Crippen LogP contribution in [0.4, 0.5) is 0 Å². The number of aliphatic imine (C=N–C) groups is 1. The second-order valence-corrected chi connectivity index (χ2v) is 9.53. The molecule has 0 aliphatic heterocycles. The van der Waals surface area contributed by atoms with E-state index in [1.54, 1.807) is 42.6 Å². The van der Waals surface area contributed by atoms with Gasteiger partial charge in [-0.25, -0.2) is 13.1 Å². The van der Waals surface area contributed by atoms with Crippen molar-refractivity contribution in [3.63, 3.8) is 0 Å². The van der Waals surface area contributed by atoms with Crippen LogP contribution in [0.2, 0.25) is 0 Å². The lowest BCUT2D eigenvalue weighted by atomic mass is 10.1. The van der Waals surface area contributed by atoms with Crippen LogP contribution in [-0.2, 0) is 27.7 Å². The number of guanidine groups is 1. The summed E-state index contributed by atoms with van der Waals surface area (Å²) in [4.78, 5) is 5.87. The number of nitrogens with one attached hydrogen (secondary N) is 3. The van der Waals surface area contributed by atoms with Crippen LogP contribution in [0.3, 0.4) is 0 Å². The number of rotatable bonds is 11. The molecular weight excluding hydrogens is 408 g/mol. The van der Waals surface area contributed by atoms with Gasteiger partial charge < -0.3 is 15.4 Å². The molecule has 7 nitrogen and oxygen atoms in total. The molecule has 1 aromatic heterocycles. The smallest absolute Gasteiger partial charge is 0.240 e. The molecule has 0 fully saturated rings. The molecule has 0 radical (unpaired) electrons. The number of hydrogen-bond donors (Lipinski definition) is 3. The second-order valence-electron chi connectivity index (χ2n) is 6.73. The first-order valence-electron chi connectivity index (χ1n) is 9.49. The SMILES string of the molecule is CN=C(NCc1ccc(S(=O)(=O)NCCOC)cc1)NCC(C)Cc1cccs1. The zero-order valence-electron chi connectivity index (χ0n) is 17.1. The number of benzene rings is 1. The summed E-state index contributed by atoms with van der Waals surface area (Å²) in [6, 6.07) is 11.0. The Hall–Kier alpha value is -1.94. The molecule has 29 heavy (non-hydrogen) atoms. The van der Waals surface area contributed by atoms with Crippen LogP contribution < -0.4 is 15.4 Å². The average molecular weight is 439 g/mol. The highest BCUT2D eigenvalue weighted by Crippen LogP contribution is 2.14. The van der Waals surface area contributed by atoms with Gasteiger partial charge in [0.05, 0.1) is 11.5 Å². The van der Waals surface area contributed by atoms with Gasteiger partial charge in [-0.3, -0.25) is 4.99 Å². The molecule has 1 atom stereocenters. The minimum atomic E-state index is -3.51. The Kier molecular flexibility index (Phi) is 9.59. The molecule has 3 N–H and O–H groups in total. The highest BCUT2D eigenvalue weighted by Gasteiger charge is 2.13. The van der Waals surface area contributed by atoms with Crippen molar-refractivity contribution < 1.29 is 13.2 Å². The monoisotopic (exact) mass is 438 g/mol. The van der Waals surface area contributed by atoms with Gasteiger partial charge in [-0.1, -0.05) is 25.1 Å². The lowest BCUT2D eigenvalue weighted by Crippen LogP contribution is -2.39. The summed E-state index contributed by atoms with van der Waals surface area (Å²) in [7, 11) is -0.243. The van der Waals surface area contributed by atoms with Gasteiger partial charge in [0.25, 0.3) is 0 Å². The number of methoxy groups -OCH3 is 1. The Balaban J connectivity index is 1.80. The Morgan fingerprint density at radius 1 is 1.21 bits per heavy atom. The molecule has 1 heterocycles. The first-order valence-corrected chi connectivity index (χ1v) is 11.9. The third-order valence-electron chi connectivity index (χ3n) is 4.26. The topological polar surface area (TPSA) is 91.8 Å². The fourth-order valence-corrected chi connectivity index (χ4v) is 4.55. The molecule has 0 saturated carbocycles. The summed E-state index contributed by atoms with van der Waals surface area (Å²) in [6.45, 7) is 4.16. The fourth-order valence-electron chi connectivity index (χ4n) is 2.67. The zero-order valence-corrected chi connectivity index (χ0v) is 18.8. The molecule has 0 spiro atoms. The standard InChI is InChI=1S/C20H30N4O3S2/c1-16(13-18-5-4-12-28-18)14-22-20(21-2)23-15-17-6-8-19(9-7-17)29(25,26)24-10-11-27-3/h4-9,12,16,24H,10-11,13-15H2,1-3H3,(H2,21,22,23). The van der Waals surface area contributed by atoms with Crippen molar-refractivity contribution in [2.75, 3.05) is 33.9 Å². The van der Waals surface area contributed by atoms with Crippen LogP contribution >= 0.6 is 11.3 Å². The predicted octanol–water partition coefficient (Wildman–Crippen LogP) is 2.22. The maximum atomic E-state index is 12.2. The van der Waals surface area contributed by atoms with Gasteiger partial charge in [0, 0.05) is 38.7 Å². The summed E-state index contributed by atoms with van der Waals surface area (Å²) in [5.74, 6) is 1.21. The first-order chi connectivity index (χ1) is 13.9. The van der Waals surface area contributed by atoms with Gasteiger partial charge in [-0.2, -0.15) is 0 Å². The maximum Gasteiger partial charge on any atom is 0.240 e. The van der Waals surface area contributed by atoms with Crippen LogP contribution in [0, 0.1) is 5.92 Å². The van der Waals surface area contributed by atoms with Gasteiger partial charge in [-0.15, -0.1) is 11.3 Å². The quantitative estimate of drug-likeness (QED) is 0.284. The Morgan fingerprint density at radius 3 is 2.59 bits per heavy atom. The zero-order chi connectivity index (χ0) is 21.1. The predicted molar refractivity (Wildman–Crippen MR) is 119 cm³/mol. The molecule has 0 saturated heterocycles. The minimum absolute atomic E-state index is 0.238. The molecule has 1 unspecified atom stereocenters. The van der Waals surface area contributed by atoms with Gasteiger partial charge in [-0.05, 0) is 41.5 Å². The van der Waals surface area contributed by atoms with Crippen molar-refractivity contribution in [2.24, 2.45) is 10.9 Å². The normalized spacial score (nSPS) is 13.3. The van der Waals surface area contributed by atoms with E-state index in [4.69, 9.17) is 4.74 Å². The van der Waals surface area contributed by atoms with Crippen LogP contribution in [0.25, 0.3) is 0 Å². The van der Waals surface area contributed by atoms with E-state index >= 15 is 0 Å². The summed E-state index contributed by atoms with van der Waals surface area (Å²) < 4.78 is 31.7. The van der Waals surface area contributed by atoms with Crippen LogP contribution in [0.15, 0.2) is 51.7 Å². The number of nitrogens with zero attached hydrogens (tertiary/aromatic N) is 1. The molecule has 0 aliphatic rings. The van der Waals surface area contributed by atoms with Crippen LogP contribution in [0.5, 0.6) is 0 Å². The molecule has 0 aliphatic carbocycles. The minimum Gasteiger partial charge on any atom is -0.383 e. The summed E-state index contributed by atoms with van der Waals surface area (Å²) in [5.41, 5.74) is 0.968. The lowest BCUT2D eigenvalue weighted by Gasteiger charge is -2.16. The van der Waals surface area contributed by atoms with Gasteiger partial charge >= 0.3 is 0 Å². The van der Waals surface area contributed by atoms with Crippen molar-refractivity contribution in [2.45, 2.75) is 24.8 Å². The van der Waals surface area contributed by atoms with Crippen molar-refractivity contribution in [1.82, 2.24) is 15.4 Å². The molecule has 2 aromatic rings. The number of thiophene rings is 1. The Morgan fingerprint density at radius 2 is 1.97 bits per heavy atom. The van der Waals surface area contributed by atoms with E-state index in [-0.39, 0.29) is 11.4 Å². The van der Waals surface area contributed by atoms with Gasteiger partial charge in [0.1, 0.15) is 0 Å². The number of ether oxygens (including phenoxy) is 1. The summed E-state index contributed by atoms with van der Waals surface area (Å²) in [5, 5.41) is 8.70. The van der Waals surface area contributed by atoms with Crippen LogP contribution in [-0.4, -0.2) is 48.2 Å². The fraction of sp³-hybridized carbons (Fsp3) is 0.450. The average Bonchev–Trinajstić information content (AvgIpc) is 3.21. The molecule has 160 valence electrons. The Bertz CT molecular complexity index is 850. The number of hydrogen-bond acceptors (Lipinski definition) is 5. The van der Waals surface area contributed by atoms with Gasteiger partial charge in [0.2, 0.25) is 10.0 Å². The maximum absolute atomic E-state index is 12.2. The number of sulfonamides is 1. The molecule has 9 heteroatoms. The van der Waals surface area contributed by atoms with E-state index in [0.717, 1.165) is 24.5 Å². The third kappa shape index (κ3) is 8.14. The van der Waals surface area contributed by atoms with E-state index in [9.17, 15) is 8.42 Å². The highest BCUT2D eigenvalue weighted by atomic mass is 32.2. The van der Waals surface area contributed by atoms with Crippen molar-refractivity contribution >= 4 is 27.3 Å². The van der Waals surface area contributed by atoms with E-state index in [0.29, 0.717) is 19.1 Å². The third-order valence-corrected chi connectivity index (χ3v) is 6.64. The molecule has 2 rings (SSSR count). The van der Waals surface area contributed by atoms with E-state index in [1.165, 1.54) is 12.0 Å². The second kappa shape index (κ2) is 11.9. The highest BCUT2D eigenvalue weighted by molar-refractivity contribution is 7.89. The largest absolute Gasteiger partial charge is 0.383 e. The first kappa shape index (κ1) is 23.3. The van der Waals surface area contributed by atoms with E-state index in [2.05, 4.69) is 44.8 Å². The molecule has 0 bridgehead atoms. The van der Waals surface area contributed by atoms with Crippen molar-refractivity contribution in [3.05, 3.63) is 52.2 Å². The van der Waals surface area contributed by atoms with Crippen molar-refractivity contribution in [1.29, 1.82) is 0 Å². The molecule has 0 amide bonds. The van der Waals surface area contributed by atoms with Crippen molar-refractivity contribution in [3.8, 4) is 0 Å². The van der Waals surface area contributed by atoms with Crippen LogP contribution in [0.1, 0.15) is 17.4 Å². The lowest BCUT2D eigenvalue weighted by molar-refractivity contribution is 0.204. The van der Waals surface area contributed by atoms with E-state index in [1.807, 2.05) is 0 Å². The Labute approximate surface area is 177 Å². The molecular formula is C20H30N4O3S2. The molecule has 1 aromatic carbocycles. The summed E-state index contributed by atoms with van der Waals surface area (Å²) in [6.07, 6.45) is 1.04. The van der Waals surface area contributed by atoms with E-state index < -0.39 is 10.0 Å². The summed E-state index contributed by atoms with van der Waals surface area (Å²) >= 11 is 1.78.